The van der Waals surface area contributed by atoms with Crippen molar-refractivity contribution in [2.75, 3.05) is 23.8 Å². The molecule has 5 rings (SSSR count). The van der Waals surface area contributed by atoms with Gasteiger partial charge in [-0.15, -0.1) is 10.2 Å². The molecule has 1 amide bonds. The Kier molecular flexibility index (Phi) is 5.59. The fourth-order valence-electron chi connectivity index (χ4n) is 3.49. The average molecular weight is 438 g/mol. The Morgan fingerprint density at radius 1 is 0.818 bits per heavy atom. The van der Waals surface area contributed by atoms with Gasteiger partial charge in [0.15, 0.2) is 17.3 Å². The second-order valence-corrected chi connectivity index (χ2v) is 7.69. The molecule has 0 fully saturated rings. The van der Waals surface area contributed by atoms with Gasteiger partial charge < -0.3 is 20.1 Å². The second kappa shape index (κ2) is 9.00. The SMILES string of the molecule is Cc1ccc(-c2ccc(Nc3cccc(C(=O)Nc4ccc5c(c4)OCCO5)c3)nn2)cc1. The Morgan fingerprint density at radius 3 is 2.42 bits per heavy atom. The standard InChI is InChI=1S/C26H22N4O3/c1-17-5-7-18(8-6-17)22-10-12-25(30-29-22)27-20-4-2-3-19(15-20)26(31)28-21-9-11-23-24(16-21)33-14-13-32-23/h2-12,15-16H,13-14H2,1H3,(H,27,30)(H,28,31). The van der Waals surface area contributed by atoms with Crippen LogP contribution in [0.1, 0.15) is 15.9 Å². The summed E-state index contributed by atoms with van der Waals surface area (Å²) in [5.41, 5.74) is 4.90. The predicted molar refractivity (Wildman–Crippen MR) is 127 cm³/mol. The second-order valence-electron chi connectivity index (χ2n) is 7.69. The molecule has 1 aromatic heterocycles. The molecule has 0 saturated carbocycles. The summed E-state index contributed by atoms with van der Waals surface area (Å²) in [7, 11) is 0. The topological polar surface area (TPSA) is 85.4 Å². The van der Waals surface area contributed by atoms with Crippen molar-refractivity contribution >= 4 is 23.1 Å². The van der Waals surface area contributed by atoms with Gasteiger partial charge in [0.05, 0.1) is 5.69 Å². The van der Waals surface area contributed by atoms with Crippen molar-refractivity contribution in [1.82, 2.24) is 10.2 Å². The molecular formula is C26H22N4O3. The normalized spacial score (nSPS) is 12.2. The summed E-state index contributed by atoms with van der Waals surface area (Å²) in [5.74, 6) is 1.67. The third kappa shape index (κ3) is 4.77. The van der Waals surface area contributed by atoms with Crippen LogP contribution in [0.25, 0.3) is 11.3 Å². The lowest BCUT2D eigenvalue weighted by molar-refractivity contribution is 0.102. The lowest BCUT2D eigenvalue weighted by Crippen LogP contribution is -2.16. The number of hydrogen-bond acceptors (Lipinski definition) is 6. The number of aryl methyl sites for hydroxylation is 1. The lowest BCUT2D eigenvalue weighted by Gasteiger charge is -2.19. The minimum atomic E-state index is -0.226. The van der Waals surface area contributed by atoms with Crippen LogP contribution in [0.3, 0.4) is 0 Å². The van der Waals surface area contributed by atoms with Crippen LogP contribution < -0.4 is 20.1 Å². The van der Waals surface area contributed by atoms with Crippen LogP contribution in [0.5, 0.6) is 11.5 Å². The van der Waals surface area contributed by atoms with E-state index in [0.29, 0.717) is 41.8 Å². The van der Waals surface area contributed by atoms with Gasteiger partial charge >= 0.3 is 0 Å². The summed E-state index contributed by atoms with van der Waals surface area (Å²) in [6.07, 6.45) is 0. The summed E-state index contributed by atoms with van der Waals surface area (Å²) in [6.45, 7) is 3.07. The molecule has 0 saturated heterocycles. The van der Waals surface area contributed by atoms with Gasteiger partial charge in [0.2, 0.25) is 0 Å². The molecule has 4 aromatic rings. The van der Waals surface area contributed by atoms with Gasteiger partial charge in [0.1, 0.15) is 13.2 Å². The number of rotatable bonds is 5. The highest BCUT2D eigenvalue weighted by molar-refractivity contribution is 6.05. The van der Waals surface area contributed by atoms with E-state index in [0.717, 1.165) is 16.9 Å². The first-order valence-corrected chi connectivity index (χ1v) is 10.6. The zero-order valence-electron chi connectivity index (χ0n) is 18.0. The summed E-state index contributed by atoms with van der Waals surface area (Å²) < 4.78 is 11.1. The van der Waals surface area contributed by atoms with Gasteiger partial charge in [-0.05, 0) is 49.4 Å². The maximum absolute atomic E-state index is 12.8. The minimum Gasteiger partial charge on any atom is -0.486 e. The summed E-state index contributed by atoms with van der Waals surface area (Å²) >= 11 is 0. The summed E-state index contributed by atoms with van der Waals surface area (Å²) in [5, 5.41) is 14.7. The van der Waals surface area contributed by atoms with Crippen LogP contribution in [0.15, 0.2) is 78.9 Å². The maximum Gasteiger partial charge on any atom is 0.255 e. The summed E-state index contributed by atoms with van der Waals surface area (Å²) in [4.78, 5) is 12.8. The van der Waals surface area contributed by atoms with Gasteiger partial charge in [-0.3, -0.25) is 4.79 Å². The van der Waals surface area contributed by atoms with Crippen molar-refractivity contribution in [2.24, 2.45) is 0 Å². The average Bonchev–Trinajstić information content (AvgIpc) is 2.85. The van der Waals surface area contributed by atoms with Gasteiger partial charge in [0, 0.05) is 28.6 Å². The molecule has 0 atom stereocenters. The molecule has 1 aliphatic rings. The Hall–Kier alpha value is -4.39. The van der Waals surface area contributed by atoms with E-state index >= 15 is 0 Å². The largest absolute Gasteiger partial charge is 0.486 e. The van der Waals surface area contributed by atoms with E-state index in [9.17, 15) is 4.79 Å². The van der Waals surface area contributed by atoms with E-state index in [-0.39, 0.29) is 5.91 Å². The molecule has 33 heavy (non-hydrogen) atoms. The molecule has 1 aliphatic heterocycles. The third-order valence-electron chi connectivity index (χ3n) is 5.21. The van der Waals surface area contributed by atoms with Crippen LogP contribution in [0.2, 0.25) is 0 Å². The molecule has 3 aromatic carbocycles. The van der Waals surface area contributed by atoms with E-state index in [2.05, 4.69) is 20.8 Å². The van der Waals surface area contributed by atoms with Gasteiger partial charge in [-0.1, -0.05) is 35.9 Å². The first kappa shape index (κ1) is 20.5. The number of carbonyl (C=O) groups excluding carboxylic acids is 1. The fraction of sp³-hybridized carbons (Fsp3) is 0.115. The van der Waals surface area contributed by atoms with Crippen molar-refractivity contribution in [3.63, 3.8) is 0 Å². The molecule has 0 radical (unpaired) electrons. The number of carbonyl (C=O) groups is 1. The molecule has 0 bridgehead atoms. The molecular weight excluding hydrogens is 416 g/mol. The van der Waals surface area contributed by atoms with E-state index in [1.165, 1.54) is 5.56 Å². The molecule has 7 nitrogen and oxygen atoms in total. The van der Waals surface area contributed by atoms with Gasteiger partial charge in [-0.25, -0.2) is 0 Å². The summed E-state index contributed by atoms with van der Waals surface area (Å²) in [6, 6.07) is 24.5. The smallest absolute Gasteiger partial charge is 0.255 e. The number of nitrogens with zero attached hydrogens (tertiary/aromatic N) is 2. The first-order chi connectivity index (χ1) is 16.1. The molecule has 0 unspecified atom stereocenters. The number of benzene rings is 3. The first-order valence-electron chi connectivity index (χ1n) is 10.6. The quantitative estimate of drug-likeness (QED) is 0.444. The van der Waals surface area contributed by atoms with Crippen molar-refractivity contribution in [2.45, 2.75) is 6.92 Å². The van der Waals surface area contributed by atoms with Crippen molar-refractivity contribution < 1.29 is 14.3 Å². The molecule has 0 spiro atoms. The molecule has 2 N–H and O–H groups in total. The molecule has 2 heterocycles. The third-order valence-corrected chi connectivity index (χ3v) is 5.21. The number of aromatic nitrogens is 2. The van der Waals surface area contributed by atoms with Crippen LogP contribution in [0, 0.1) is 6.92 Å². The zero-order valence-corrected chi connectivity index (χ0v) is 18.0. The number of nitrogens with one attached hydrogen (secondary N) is 2. The Balaban J connectivity index is 1.27. The van der Waals surface area contributed by atoms with Crippen molar-refractivity contribution in [3.8, 4) is 22.8 Å². The lowest BCUT2D eigenvalue weighted by atomic mass is 10.1. The predicted octanol–water partition coefficient (Wildman–Crippen LogP) is 5.22. The maximum atomic E-state index is 12.8. The van der Waals surface area contributed by atoms with Crippen LogP contribution in [0.4, 0.5) is 17.2 Å². The van der Waals surface area contributed by atoms with Crippen molar-refractivity contribution in [3.05, 3.63) is 90.0 Å². The Bertz CT molecular complexity index is 1290. The van der Waals surface area contributed by atoms with Crippen LogP contribution in [-0.4, -0.2) is 29.3 Å². The van der Waals surface area contributed by atoms with E-state index in [1.807, 2.05) is 55.5 Å². The minimum absolute atomic E-state index is 0.226. The highest BCUT2D eigenvalue weighted by Gasteiger charge is 2.14. The fourth-order valence-corrected chi connectivity index (χ4v) is 3.49. The highest BCUT2D eigenvalue weighted by atomic mass is 16.6. The number of anilines is 3. The Labute approximate surface area is 191 Å². The molecule has 7 heteroatoms. The van der Waals surface area contributed by atoms with E-state index in [1.54, 1.807) is 30.3 Å². The Morgan fingerprint density at radius 2 is 1.64 bits per heavy atom. The van der Waals surface area contributed by atoms with Gasteiger partial charge in [0.25, 0.3) is 5.91 Å². The monoisotopic (exact) mass is 438 g/mol. The van der Waals surface area contributed by atoms with Crippen LogP contribution in [-0.2, 0) is 0 Å². The number of ether oxygens (including phenoxy) is 2. The van der Waals surface area contributed by atoms with Gasteiger partial charge in [-0.2, -0.15) is 0 Å². The van der Waals surface area contributed by atoms with E-state index < -0.39 is 0 Å². The van der Waals surface area contributed by atoms with Crippen LogP contribution >= 0.6 is 0 Å². The van der Waals surface area contributed by atoms with Crippen molar-refractivity contribution in [1.29, 1.82) is 0 Å². The van der Waals surface area contributed by atoms with E-state index in [4.69, 9.17) is 9.47 Å². The number of hydrogen-bond donors (Lipinski definition) is 2. The number of fused-ring (bicyclic) bond motifs is 1. The zero-order chi connectivity index (χ0) is 22.6. The molecule has 0 aliphatic carbocycles. The highest BCUT2D eigenvalue weighted by Crippen LogP contribution is 2.32. The molecule has 164 valence electrons. The number of amides is 1.